The molecule has 1 aromatic heterocycles. The summed E-state index contributed by atoms with van der Waals surface area (Å²) in [6, 6.07) is 0. The van der Waals surface area contributed by atoms with E-state index < -0.39 is 12.4 Å². The molecule has 0 spiro atoms. The van der Waals surface area contributed by atoms with Crippen LogP contribution in [0.3, 0.4) is 0 Å². The highest BCUT2D eigenvalue weighted by molar-refractivity contribution is 9.10. The molecule has 11 heavy (non-hydrogen) atoms. The number of nitrogens with two attached hydrogens (primary N) is 1. The third-order valence-corrected chi connectivity index (χ3v) is 1.86. The van der Waals surface area contributed by atoms with E-state index in [0.29, 0.717) is 4.47 Å². The molecule has 0 saturated carbocycles. The molecule has 1 rings (SSSR count). The Labute approximate surface area is 71.2 Å². The summed E-state index contributed by atoms with van der Waals surface area (Å²) in [7, 11) is 0. The molecular weight excluding hydrogens is 215 g/mol. The Morgan fingerprint density at radius 2 is 2.36 bits per heavy atom. The van der Waals surface area contributed by atoms with Crippen molar-refractivity contribution in [3.8, 4) is 0 Å². The largest absolute Gasteiger partial charge is 0.395 e. The van der Waals surface area contributed by atoms with Crippen molar-refractivity contribution in [2.45, 2.75) is 6.61 Å². The molecule has 1 aromatic rings. The number of hydrogen-bond acceptors (Lipinski definition) is 3. The van der Waals surface area contributed by atoms with Crippen LogP contribution in [0.4, 0.5) is 10.1 Å². The first-order valence-electron chi connectivity index (χ1n) is 2.86. The van der Waals surface area contributed by atoms with Gasteiger partial charge in [-0.2, -0.15) is 0 Å². The molecular formula is C6H6BrFN2O. The molecule has 3 N–H and O–H groups in total. The van der Waals surface area contributed by atoms with Crippen molar-refractivity contribution in [3.05, 3.63) is 22.2 Å². The maximum atomic E-state index is 12.9. The van der Waals surface area contributed by atoms with Gasteiger partial charge in [0, 0.05) is 6.20 Å². The monoisotopic (exact) mass is 220 g/mol. The number of aliphatic hydroxyl groups excluding tert-OH is 1. The Bertz CT molecular complexity index is 280. The van der Waals surface area contributed by atoms with Crippen molar-refractivity contribution < 1.29 is 9.50 Å². The highest BCUT2D eigenvalue weighted by Crippen LogP contribution is 2.22. The summed E-state index contributed by atoms with van der Waals surface area (Å²) >= 11 is 3.00. The summed E-state index contributed by atoms with van der Waals surface area (Å²) in [6.07, 6.45) is 1.35. The van der Waals surface area contributed by atoms with E-state index in [2.05, 4.69) is 20.9 Å². The Morgan fingerprint density at radius 1 is 1.73 bits per heavy atom. The lowest BCUT2D eigenvalue weighted by Gasteiger charge is -2.02. The van der Waals surface area contributed by atoms with Crippen molar-refractivity contribution >= 4 is 21.6 Å². The summed E-state index contributed by atoms with van der Waals surface area (Å²) in [5, 5.41) is 8.56. The summed E-state index contributed by atoms with van der Waals surface area (Å²) in [5.74, 6) is -0.665. The van der Waals surface area contributed by atoms with Gasteiger partial charge in [-0.15, -0.1) is 0 Å². The highest BCUT2D eigenvalue weighted by atomic mass is 79.9. The zero-order valence-electron chi connectivity index (χ0n) is 5.51. The lowest BCUT2D eigenvalue weighted by atomic mass is 10.3. The SMILES string of the molecule is Nc1c(Br)cnc(CO)c1F. The van der Waals surface area contributed by atoms with Gasteiger partial charge in [0.05, 0.1) is 16.8 Å². The average Bonchev–Trinajstić information content (AvgIpc) is 2.01. The van der Waals surface area contributed by atoms with Gasteiger partial charge in [0.25, 0.3) is 0 Å². The number of anilines is 1. The molecule has 60 valence electrons. The minimum Gasteiger partial charge on any atom is -0.395 e. The van der Waals surface area contributed by atoms with Crippen LogP contribution < -0.4 is 5.73 Å². The molecule has 0 atom stereocenters. The first-order chi connectivity index (χ1) is 5.16. The number of aliphatic hydroxyl groups is 1. The highest BCUT2D eigenvalue weighted by Gasteiger charge is 2.08. The molecule has 0 fully saturated rings. The second-order valence-electron chi connectivity index (χ2n) is 1.94. The molecule has 0 radical (unpaired) electrons. The molecule has 1 heterocycles. The molecule has 0 aromatic carbocycles. The second-order valence-corrected chi connectivity index (χ2v) is 2.79. The van der Waals surface area contributed by atoms with Crippen molar-refractivity contribution in [1.82, 2.24) is 4.98 Å². The van der Waals surface area contributed by atoms with Gasteiger partial charge in [0.1, 0.15) is 5.69 Å². The molecule has 0 unspecified atom stereocenters. The second kappa shape index (κ2) is 3.15. The Kier molecular flexibility index (Phi) is 2.41. The number of halogens is 2. The van der Waals surface area contributed by atoms with Gasteiger partial charge in [0.2, 0.25) is 0 Å². The summed E-state index contributed by atoms with van der Waals surface area (Å²) in [5.41, 5.74) is 5.22. The minimum atomic E-state index is -0.665. The Balaban J connectivity index is 3.25. The first-order valence-corrected chi connectivity index (χ1v) is 3.65. The predicted octanol–water partition coefficient (Wildman–Crippen LogP) is 1.06. The third-order valence-electron chi connectivity index (χ3n) is 1.23. The van der Waals surface area contributed by atoms with E-state index in [9.17, 15) is 4.39 Å². The third kappa shape index (κ3) is 1.49. The number of aromatic nitrogens is 1. The van der Waals surface area contributed by atoms with Crippen LogP contribution in [0.5, 0.6) is 0 Å². The lowest BCUT2D eigenvalue weighted by molar-refractivity contribution is 0.270. The van der Waals surface area contributed by atoms with E-state index >= 15 is 0 Å². The molecule has 0 aliphatic carbocycles. The zero-order chi connectivity index (χ0) is 8.43. The number of nitrogen functional groups attached to an aromatic ring is 1. The van der Waals surface area contributed by atoms with E-state index in [4.69, 9.17) is 10.8 Å². The normalized spacial score (nSPS) is 10.1. The minimum absolute atomic E-state index is 0.0240. The quantitative estimate of drug-likeness (QED) is 0.745. The van der Waals surface area contributed by atoms with E-state index in [1.54, 1.807) is 0 Å². The first kappa shape index (κ1) is 8.42. The van der Waals surface area contributed by atoms with Crippen molar-refractivity contribution in [3.63, 3.8) is 0 Å². The van der Waals surface area contributed by atoms with Crippen LogP contribution in [-0.2, 0) is 6.61 Å². The van der Waals surface area contributed by atoms with Crippen LogP contribution in [-0.4, -0.2) is 10.1 Å². The molecule has 0 aliphatic rings. The van der Waals surface area contributed by atoms with E-state index in [1.807, 2.05) is 0 Å². The van der Waals surface area contributed by atoms with E-state index in [0.717, 1.165) is 0 Å². The van der Waals surface area contributed by atoms with Gasteiger partial charge in [-0.1, -0.05) is 0 Å². The Hall–Kier alpha value is -0.680. The number of pyridine rings is 1. The fraction of sp³-hybridized carbons (Fsp3) is 0.167. The molecule has 0 amide bonds. The lowest BCUT2D eigenvalue weighted by Crippen LogP contribution is -2.00. The molecule has 0 bridgehead atoms. The van der Waals surface area contributed by atoms with Gasteiger partial charge in [-0.05, 0) is 15.9 Å². The average molecular weight is 221 g/mol. The van der Waals surface area contributed by atoms with Crippen LogP contribution >= 0.6 is 15.9 Å². The van der Waals surface area contributed by atoms with Crippen LogP contribution in [0, 0.1) is 5.82 Å². The molecule has 3 nitrogen and oxygen atoms in total. The molecule has 0 saturated heterocycles. The maximum Gasteiger partial charge on any atom is 0.171 e. The molecule has 5 heteroatoms. The summed E-state index contributed by atoms with van der Waals surface area (Å²) in [6.45, 7) is -0.441. The summed E-state index contributed by atoms with van der Waals surface area (Å²) < 4.78 is 13.3. The van der Waals surface area contributed by atoms with Crippen molar-refractivity contribution in [2.75, 3.05) is 5.73 Å². The van der Waals surface area contributed by atoms with Gasteiger partial charge in [0.15, 0.2) is 5.82 Å². The standard InChI is InChI=1S/C6H6BrFN2O/c7-3-1-10-4(2-11)5(8)6(3)9/h1,11H,2H2,(H2,9,10). The van der Waals surface area contributed by atoms with E-state index in [1.165, 1.54) is 6.20 Å². The van der Waals surface area contributed by atoms with Crippen molar-refractivity contribution in [1.29, 1.82) is 0 Å². The number of hydrogen-bond donors (Lipinski definition) is 2. The van der Waals surface area contributed by atoms with Gasteiger partial charge in [-0.25, -0.2) is 4.39 Å². The number of nitrogens with zero attached hydrogens (tertiary/aromatic N) is 1. The fourth-order valence-electron chi connectivity index (χ4n) is 0.631. The van der Waals surface area contributed by atoms with Gasteiger partial charge in [-0.3, -0.25) is 4.98 Å². The zero-order valence-corrected chi connectivity index (χ0v) is 7.10. The van der Waals surface area contributed by atoms with Crippen molar-refractivity contribution in [2.24, 2.45) is 0 Å². The maximum absolute atomic E-state index is 12.9. The summed E-state index contributed by atoms with van der Waals surface area (Å²) in [4.78, 5) is 3.61. The van der Waals surface area contributed by atoms with E-state index in [-0.39, 0.29) is 11.4 Å². The smallest absolute Gasteiger partial charge is 0.171 e. The van der Waals surface area contributed by atoms with Gasteiger partial charge < -0.3 is 10.8 Å². The number of rotatable bonds is 1. The topological polar surface area (TPSA) is 59.1 Å². The molecule has 0 aliphatic heterocycles. The van der Waals surface area contributed by atoms with Gasteiger partial charge >= 0.3 is 0 Å². The predicted molar refractivity (Wildman–Crippen MR) is 42.2 cm³/mol. The fourth-order valence-corrected chi connectivity index (χ4v) is 0.908. The van der Waals surface area contributed by atoms with Crippen LogP contribution in [0.1, 0.15) is 5.69 Å². The van der Waals surface area contributed by atoms with Crippen LogP contribution in [0.25, 0.3) is 0 Å². The van der Waals surface area contributed by atoms with Crippen LogP contribution in [0.15, 0.2) is 10.7 Å². The Morgan fingerprint density at radius 3 is 2.91 bits per heavy atom. The van der Waals surface area contributed by atoms with Crippen LogP contribution in [0.2, 0.25) is 0 Å².